The lowest BCUT2D eigenvalue weighted by molar-refractivity contribution is 0.0787. The van der Waals surface area contributed by atoms with Gasteiger partial charge >= 0.3 is 6.09 Å². The molecule has 2 aliphatic rings. The summed E-state index contributed by atoms with van der Waals surface area (Å²) in [6, 6.07) is 3.75. The SMILES string of the molecule is C=C1C=C2CCN(C(=O)OC)[C@H](Cc3ccc(OC)c(O)c3I)[C@@H]2CC1. The zero-order chi connectivity index (χ0) is 18.8. The molecule has 0 bridgehead atoms. The zero-order valence-corrected chi connectivity index (χ0v) is 17.3. The first-order valence-corrected chi connectivity index (χ1v) is 9.81. The van der Waals surface area contributed by atoms with Crippen molar-refractivity contribution in [2.24, 2.45) is 5.92 Å². The smallest absolute Gasteiger partial charge is 0.409 e. The van der Waals surface area contributed by atoms with Crippen LogP contribution in [0.4, 0.5) is 4.79 Å². The number of allylic oxidation sites excluding steroid dienone is 2. The summed E-state index contributed by atoms with van der Waals surface area (Å²) in [5, 5.41) is 10.3. The Hall–Kier alpha value is -1.70. The topological polar surface area (TPSA) is 59.0 Å². The van der Waals surface area contributed by atoms with Crippen LogP contribution in [0.1, 0.15) is 24.8 Å². The molecule has 1 aliphatic carbocycles. The fraction of sp³-hybridized carbons (Fsp3) is 0.450. The van der Waals surface area contributed by atoms with Gasteiger partial charge in [-0.25, -0.2) is 4.79 Å². The second-order valence-electron chi connectivity index (χ2n) is 6.80. The van der Waals surface area contributed by atoms with E-state index < -0.39 is 0 Å². The van der Waals surface area contributed by atoms with Gasteiger partial charge in [-0.1, -0.05) is 29.9 Å². The van der Waals surface area contributed by atoms with E-state index in [4.69, 9.17) is 9.47 Å². The molecule has 140 valence electrons. The monoisotopic (exact) mass is 469 g/mol. The van der Waals surface area contributed by atoms with Crippen molar-refractivity contribution in [1.82, 2.24) is 4.90 Å². The molecule has 5 nitrogen and oxygen atoms in total. The largest absolute Gasteiger partial charge is 0.504 e. The maximum absolute atomic E-state index is 12.4. The van der Waals surface area contributed by atoms with Gasteiger partial charge in [-0.3, -0.25) is 0 Å². The number of fused-ring (bicyclic) bond motifs is 1. The summed E-state index contributed by atoms with van der Waals surface area (Å²) < 4.78 is 11.0. The van der Waals surface area contributed by atoms with Gasteiger partial charge in [-0.05, 0) is 59.9 Å². The molecule has 1 amide bonds. The van der Waals surface area contributed by atoms with Crippen LogP contribution < -0.4 is 4.74 Å². The molecular formula is C20H24INO4. The van der Waals surface area contributed by atoms with Crippen LogP contribution in [-0.2, 0) is 11.2 Å². The third-order valence-electron chi connectivity index (χ3n) is 5.37. The van der Waals surface area contributed by atoms with Crippen LogP contribution >= 0.6 is 22.6 Å². The van der Waals surface area contributed by atoms with E-state index in [-0.39, 0.29) is 17.9 Å². The quantitative estimate of drug-likeness (QED) is 0.672. The molecule has 1 N–H and O–H groups in total. The number of ether oxygens (including phenoxy) is 2. The van der Waals surface area contributed by atoms with Crippen molar-refractivity contribution in [3.8, 4) is 11.5 Å². The van der Waals surface area contributed by atoms with Crippen LogP contribution in [0.5, 0.6) is 11.5 Å². The number of nitrogens with zero attached hydrogens (tertiary/aromatic N) is 1. The number of hydrogen-bond donors (Lipinski definition) is 1. The van der Waals surface area contributed by atoms with Crippen molar-refractivity contribution in [1.29, 1.82) is 0 Å². The lowest BCUT2D eigenvalue weighted by Crippen LogP contribution is -2.51. The van der Waals surface area contributed by atoms with E-state index in [1.54, 1.807) is 6.07 Å². The molecule has 26 heavy (non-hydrogen) atoms. The van der Waals surface area contributed by atoms with Crippen molar-refractivity contribution in [2.75, 3.05) is 20.8 Å². The molecule has 0 aromatic heterocycles. The molecule has 1 saturated heterocycles. The van der Waals surface area contributed by atoms with Crippen LogP contribution in [0.3, 0.4) is 0 Å². The number of phenols is 1. The summed E-state index contributed by atoms with van der Waals surface area (Å²) >= 11 is 2.14. The predicted octanol–water partition coefficient (Wildman–Crippen LogP) is 4.28. The number of amides is 1. The number of carbonyl (C=O) groups excluding carboxylic acids is 1. The first-order chi connectivity index (χ1) is 12.5. The summed E-state index contributed by atoms with van der Waals surface area (Å²) in [6.07, 6.45) is 5.38. The van der Waals surface area contributed by atoms with Gasteiger partial charge in [-0.15, -0.1) is 0 Å². The highest BCUT2D eigenvalue weighted by Gasteiger charge is 2.39. The lowest BCUT2D eigenvalue weighted by atomic mass is 9.75. The van der Waals surface area contributed by atoms with Gasteiger partial charge in [-0.2, -0.15) is 0 Å². The number of piperidine rings is 1. The summed E-state index contributed by atoms with van der Waals surface area (Å²) in [5.74, 6) is 0.911. The normalized spacial score (nSPS) is 22.5. The third-order valence-corrected chi connectivity index (χ3v) is 6.57. The summed E-state index contributed by atoms with van der Waals surface area (Å²) in [7, 11) is 2.97. The number of hydrogen-bond acceptors (Lipinski definition) is 4. The van der Waals surface area contributed by atoms with Gasteiger partial charge in [0.15, 0.2) is 11.5 Å². The first-order valence-electron chi connectivity index (χ1n) is 8.73. The number of halogens is 1. The molecule has 0 saturated carbocycles. The molecule has 6 heteroatoms. The molecule has 1 heterocycles. The van der Waals surface area contributed by atoms with Crippen LogP contribution in [0.2, 0.25) is 0 Å². The van der Waals surface area contributed by atoms with E-state index in [0.717, 1.165) is 34.0 Å². The van der Waals surface area contributed by atoms with Crippen molar-refractivity contribution < 1.29 is 19.4 Å². The minimum atomic E-state index is -0.286. The predicted molar refractivity (Wildman–Crippen MR) is 109 cm³/mol. The standard InChI is InChI=1S/C20H24INO4/c1-12-4-6-15-13(10-12)8-9-22(20(24)26-3)16(15)11-14-5-7-17(25-2)19(23)18(14)21/h5,7,10,15-16,23H,1,4,6,8-9,11H2,2-3H3/t15-,16-/m1/s1. The highest BCUT2D eigenvalue weighted by atomic mass is 127. The molecule has 1 aliphatic heterocycles. The number of rotatable bonds is 3. The fourth-order valence-electron chi connectivity index (χ4n) is 4.03. The Labute approximate surface area is 167 Å². The first kappa shape index (κ1) is 19.1. The average Bonchev–Trinajstić information content (AvgIpc) is 2.64. The highest BCUT2D eigenvalue weighted by Crippen LogP contribution is 2.41. The van der Waals surface area contributed by atoms with Gasteiger partial charge in [0.05, 0.1) is 17.8 Å². The van der Waals surface area contributed by atoms with Crippen LogP contribution in [0, 0.1) is 9.49 Å². The van der Waals surface area contributed by atoms with Gasteiger partial charge in [0.2, 0.25) is 0 Å². The molecule has 1 aromatic carbocycles. The Kier molecular flexibility index (Phi) is 5.79. The van der Waals surface area contributed by atoms with Crippen molar-refractivity contribution >= 4 is 28.7 Å². The number of phenolic OH excluding ortho intramolecular Hbond substituents is 1. The molecule has 0 unspecified atom stereocenters. The number of benzene rings is 1. The Morgan fingerprint density at radius 1 is 1.38 bits per heavy atom. The second-order valence-corrected chi connectivity index (χ2v) is 7.88. The second kappa shape index (κ2) is 7.90. The van der Waals surface area contributed by atoms with E-state index in [1.165, 1.54) is 19.8 Å². The van der Waals surface area contributed by atoms with Gasteiger partial charge in [0.1, 0.15) is 0 Å². The van der Waals surface area contributed by atoms with Gasteiger partial charge in [0, 0.05) is 18.5 Å². The van der Waals surface area contributed by atoms with E-state index in [0.29, 0.717) is 24.6 Å². The van der Waals surface area contributed by atoms with Gasteiger partial charge in [0.25, 0.3) is 0 Å². The number of aromatic hydroxyl groups is 1. The molecule has 2 atom stereocenters. The maximum Gasteiger partial charge on any atom is 0.409 e. The van der Waals surface area contributed by atoms with Crippen molar-refractivity contribution in [3.63, 3.8) is 0 Å². The fourth-order valence-corrected chi connectivity index (χ4v) is 4.70. The Morgan fingerprint density at radius 2 is 2.15 bits per heavy atom. The van der Waals surface area contributed by atoms with E-state index in [2.05, 4.69) is 35.2 Å². The molecule has 1 fully saturated rings. The van der Waals surface area contributed by atoms with Crippen LogP contribution in [0.25, 0.3) is 0 Å². The number of methoxy groups -OCH3 is 2. The lowest BCUT2D eigenvalue weighted by Gasteiger charge is -2.44. The van der Waals surface area contributed by atoms with Crippen LogP contribution in [-0.4, -0.2) is 42.9 Å². The number of likely N-dealkylation sites (tertiary alicyclic amines) is 1. The van der Waals surface area contributed by atoms with Crippen molar-refractivity contribution in [3.05, 3.63) is 45.1 Å². The molecule has 0 spiro atoms. The Bertz CT molecular complexity index is 758. The summed E-state index contributed by atoms with van der Waals surface area (Å²) in [6.45, 7) is 4.74. The number of carbonyl (C=O) groups is 1. The molecule has 0 radical (unpaired) electrons. The van der Waals surface area contributed by atoms with E-state index in [1.807, 2.05) is 11.0 Å². The summed E-state index contributed by atoms with van der Waals surface area (Å²) in [5.41, 5.74) is 3.55. The molecule has 1 aromatic rings. The average molecular weight is 469 g/mol. The zero-order valence-electron chi connectivity index (χ0n) is 15.1. The van der Waals surface area contributed by atoms with Gasteiger partial charge < -0.3 is 19.5 Å². The maximum atomic E-state index is 12.4. The van der Waals surface area contributed by atoms with E-state index in [9.17, 15) is 9.90 Å². The Morgan fingerprint density at radius 3 is 2.85 bits per heavy atom. The molecule has 3 rings (SSSR count). The van der Waals surface area contributed by atoms with E-state index >= 15 is 0 Å². The Balaban J connectivity index is 1.95. The van der Waals surface area contributed by atoms with Crippen LogP contribution in [0.15, 0.2) is 35.9 Å². The third kappa shape index (κ3) is 3.56. The minimum absolute atomic E-state index is 0.0110. The highest BCUT2D eigenvalue weighted by molar-refractivity contribution is 14.1. The minimum Gasteiger partial charge on any atom is -0.504 e. The summed E-state index contributed by atoms with van der Waals surface area (Å²) in [4.78, 5) is 14.2. The molecular weight excluding hydrogens is 445 g/mol. The van der Waals surface area contributed by atoms with Crippen molar-refractivity contribution in [2.45, 2.75) is 31.7 Å².